The highest BCUT2D eigenvalue weighted by molar-refractivity contribution is 5.95. The van der Waals surface area contributed by atoms with Gasteiger partial charge in [-0.15, -0.1) is 0 Å². The van der Waals surface area contributed by atoms with Gasteiger partial charge in [-0.3, -0.25) is 9.59 Å². The molecule has 146 valence electrons. The number of carbonyl (C=O) groups excluding carboxylic acids is 2. The lowest BCUT2D eigenvalue weighted by molar-refractivity contribution is -0.114. The number of ether oxygens (including phenoxy) is 1. The smallest absolute Gasteiger partial charge is 0.253 e. The maximum atomic E-state index is 12.3. The molecule has 1 heterocycles. The summed E-state index contributed by atoms with van der Waals surface area (Å²) in [6, 6.07) is 14.4. The number of benzene rings is 2. The van der Waals surface area contributed by atoms with Gasteiger partial charge in [-0.2, -0.15) is 0 Å². The Bertz CT molecular complexity index is 810. The van der Waals surface area contributed by atoms with E-state index in [9.17, 15) is 9.59 Å². The second-order valence-electron chi connectivity index (χ2n) is 6.60. The number of anilines is 2. The highest BCUT2D eigenvalue weighted by atomic mass is 16.5. The molecule has 0 atom stereocenters. The van der Waals surface area contributed by atoms with Crippen LogP contribution in [0.15, 0.2) is 61.2 Å². The van der Waals surface area contributed by atoms with E-state index in [1.807, 2.05) is 17.0 Å². The Balaban J connectivity index is 1.46. The molecule has 0 aromatic heterocycles. The maximum absolute atomic E-state index is 12.3. The predicted molar refractivity (Wildman–Crippen MR) is 111 cm³/mol. The Hall–Kier alpha value is -3.28. The summed E-state index contributed by atoms with van der Waals surface area (Å²) in [5, 5.41) is 5.89. The summed E-state index contributed by atoms with van der Waals surface area (Å²) < 4.78 is 5.41. The van der Waals surface area contributed by atoms with E-state index in [1.54, 1.807) is 42.5 Å². The van der Waals surface area contributed by atoms with Gasteiger partial charge in [0.05, 0.1) is 6.54 Å². The van der Waals surface area contributed by atoms with Gasteiger partial charge >= 0.3 is 0 Å². The normalized spacial score (nSPS) is 13.1. The van der Waals surface area contributed by atoms with Crippen molar-refractivity contribution in [1.82, 2.24) is 4.90 Å². The van der Waals surface area contributed by atoms with E-state index in [2.05, 4.69) is 17.2 Å². The largest absolute Gasteiger partial charge is 0.490 e. The van der Waals surface area contributed by atoms with Crippen molar-refractivity contribution in [2.24, 2.45) is 0 Å². The minimum Gasteiger partial charge on any atom is -0.490 e. The van der Waals surface area contributed by atoms with Gasteiger partial charge in [0.1, 0.15) is 12.4 Å². The Labute approximate surface area is 165 Å². The van der Waals surface area contributed by atoms with Crippen LogP contribution in [0.1, 0.15) is 23.2 Å². The molecule has 3 rings (SSSR count). The molecule has 6 nitrogen and oxygen atoms in total. The number of amides is 2. The van der Waals surface area contributed by atoms with Crippen LogP contribution in [0.3, 0.4) is 0 Å². The Morgan fingerprint density at radius 3 is 2.29 bits per heavy atom. The van der Waals surface area contributed by atoms with Crippen LogP contribution < -0.4 is 15.4 Å². The molecule has 1 aliphatic rings. The first kappa shape index (κ1) is 19.5. The standard InChI is InChI=1S/C22H25N3O3/c1-2-15-28-20-11-9-19(10-12-20)24-21(26)16-23-18-7-5-17(6-8-18)22(27)25-13-3-4-14-25/h2,5-12,23H,1,3-4,13-16H2,(H,24,26). The zero-order valence-corrected chi connectivity index (χ0v) is 15.8. The highest BCUT2D eigenvalue weighted by Gasteiger charge is 2.19. The van der Waals surface area contributed by atoms with Crippen molar-refractivity contribution >= 4 is 23.2 Å². The first-order valence-corrected chi connectivity index (χ1v) is 9.42. The predicted octanol–water partition coefficient (Wildman–Crippen LogP) is 3.54. The number of nitrogens with zero attached hydrogens (tertiary/aromatic N) is 1. The zero-order valence-electron chi connectivity index (χ0n) is 15.8. The number of carbonyl (C=O) groups is 2. The van der Waals surface area contributed by atoms with Crippen LogP contribution in [0.5, 0.6) is 5.75 Å². The molecule has 0 unspecified atom stereocenters. The lowest BCUT2D eigenvalue weighted by Crippen LogP contribution is -2.27. The van der Waals surface area contributed by atoms with Crippen LogP contribution in [0, 0.1) is 0 Å². The van der Waals surface area contributed by atoms with Crippen LogP contribution in [-0.4, -0.2) is 43.0 Å². The van der Waals surface area contributed by atoms with Crippen molar-refractivity contribution in [3.05, 3.63) is 66.7 Å². The third kappa shape index (κ3) is 5.36. The number of nitrogens with one attached hydrogen (secondary N) is 2. The van der Waals surface area contributed by atoms with E-state index >= 15 is 0 Å². The van der Waals surface area contributed by atoms with Gasteiger partial charge in [-0.25, -0.2) is 0 Å². The van der Waals surface area contributed by atoms with Crippen LogP contribution in [-0.2, 0) is 4.79 Å². The third-order valence-electron chi connectivity index (χ3n) is 4.48. The minimum atomic E-state index is -0.156. The van der Waals surface area contributed by atoms with E-state index < -0.39 is 0 Å². The minimum absolute atomic E-state index is 0.0716. The summed E-state index contributed by atoms with van der Waals surface area (Å²) in [4.78, 5) is 26.3. The molecule has 2 aromatic rings. The quantitative estimate of drug-likeness (QED) is 0.689. The monoisotopic (exact) mass is 379 g/mol. The molecule has 2 aromatic carbocycles. The third-order valence-corrected chi connectivity index (χ3v) is 4.48. The molecule has 1 aliphatic heterocycles. The fourth-order valence-electron chi connectivity index (χ4n) is 3.01. The van der Waals surface area contributed by atoms with Gasteiger partial charge < -0.3 is 20.3 Å². The summed E-state index contributed by atoms with van der Waals surface area (Å²) in [5.74, 6) is 0.638. The average Bonchev–Trinajstić information content (AvgIpc) is 3.26. The summed E-state index contributed by atoms with van der Waals surface area (Å²) in [6.07, 6.45) is 3.83. The molecule has 28 heavy (non-hydrogen) atoms. The summed E-state index contributed by atoms with van der Waals surface area (Å²) >= 11 is 0. The van der Waals surface area contributed by atoms with Crippen LogP contribution in [0.4, 0.5) is 11.4 Å². The van der Waals surface area contributed by atoms with Gasteiger partial charge in [0.2, 0.25) is 5.91 Å². The number of likely N-dealkylation sites (tertiary alicyclic amines) is 1. The van der Waals surface area contributed by atoms with Crippen LogP contribution in [0.25, 0.3) is 0 Å². The van der Waals surface area contributed by atoms with Crippen molar-refractivity contribution in [3.63, 3.8) is 0 Å². The zero-order chi connectivity index (χ0) is 19.8. The number of rotatable bonds is 8. The van der Waals surface area contributed by atoms with Crippen molar-refractivity contribution < 1.29 is 14.3 Å². The van der Waals surface area contributed by atoms with Gasteiger partial charge in [0.15, 0.2) is 0 Å². The first-order chi connectivity index (χ1) is 13.7. The van der Waals surface area contributed by atoms with Crippen LogP contribution >= 0.6 is 0 Å². The molecule has 1 saturated heterocycles. The number of hydrogen-bond acceptors (Lipinski definition) is 4. The second kappa shape index (κ2) is 9.60. The van der Waals surface area contributed by atoms with E-state index in [0.717, 1.165) is 37.4 Å². The van der Waals surface area contributed by atoms with Crippen molar-refractivity contribution in [1.29, 1.82) is 0 Å². The summed E-state index contributed by atoms with van der Waals surface area (Å²) in [6.45, 7) is 5.84. The fraction of sp³-hybridized carbons (Fsp3) is 0.273. The van der Waals surface area contributed by atoms with E-state index in [-0.39, 0.29) is 18.4 Å². The molecule has 2 amide bonds. The van der Waals surface area contributed by atoms with Gasteiger partial charge in [-0.1, -0.05) is 12.7 Å². The van der Waals surface area contributed by atoms with Crippen molar-refractivity contribution in [2.75, 3.05) is 36.9 Å². The summed E-state index contributed by atoms with van der Waals surface area (Å²) in [7, 11) is 0. The molecular weight excluding hydrogens is 354 g/mol. The molecule has 2 N–H and O–H groups in total. The lowest BCUT2D eigenvalue weighted by atomic mass is 10.2. The van der Waals surface area contributed by atoms with Crippen LogP contribution in [0.2, 0.25) is 0 Å². The second-order valence-corrected chi connectivity index (χ2v) is 6.60. The van der Waals surface area contributed by atoms with Gasteiger partial charge in [0, 0.05) is 30.0 Å². The topological polar surface area (TPSA) is 70.7 Å². The molecule has 0 saturated carbocycles. The maximum Gasteiger partial charge on any atom is 0.253 e. The SMILES string of the molecule is C=CCOc1ccc(NC(=O)CNc2ccc(C(=O)N3CCCC3)cc2)cc1. The van der Waals surface area contributed by atoms with Gasteiger partial charge in [0.25, 0.3) is 5.91 Å². The Morgan fingerprint density at radius 1 is 1.00 bits per heavy atom. The molecule has 1 fully saturated rings. The summed E-state index contributed by atoms with van der Waals surface area (Å²) in [5.41, 5.74) is 2.17. The van der Waals surface area contributed by atoms with E-state index in [1.165, 1.54) is 0 Å². The van der Waals surface area contributed by atoms with E-state index in [0.29, 0.717) is 17.9 Å². The lowest BCUT2D eigenvalue weighted by Gasteiger charge is -2.15. The van der Waals surface area contributed by atoms with E-state index in [4.69, 9.17) is 4.74 Å². The number of hydrogen-bond donors (Lipinski definition) is 2. The Kier molecular flexibility index (Phi) is 6.68. The molecular formula is C22H25N3O3. The fourth-order valence-corrected chi connectivity index (χ4v) is 3.01. The molecule has 0 bridgehead atoms. The molecule has 0 spiro atoms. The van der Waals surface area contributed by atoms with Crippen molar-refractivity contribution in [3.8, 4) is 5.75 Å². The van der Waals surface area contributed by atoms with Crippen molar-refractivity contribution in [2.45, 2.75) is 12.8 Å². The highest BCUT2D eigenvalue weighted by Crippen LogP contribution is 2.17. The molecule has 6 heteroatoms. The molecule has 0 aliphatic carbocycles. The molecule has 0 radical (unpaired) electrons. The van der Waals surface area contributed by atoms with Gasteiger partial charge in [-0.05, 0) is 61.4 Å². The first-order valence-electron chi connectivity index (χ1n) is 9.42. The average molecular weight is 379 g/mol. The Morgan fingerprint density at radius 2 is 1.64 bits per heavy atom.